The predicted octanol–water partition coefficient (Wildman–Crippen LogP) is 3.59. The average Bonchev–Trinajstić information content (AvgIpc) is 3.02. The maximum atomic E-state index is 14.2. The number of ether oxygens (including phenoxy) is 1. The highest BCUT2D eigenvalue weighted by atomic mass is 19.1. The monoisotopic (exact) mass is 366 g/mol. The Morgan fingerprint density at radius 3 is 2.65 bits per heavy atom. The lowest BCUT2D eigenvalue weighted by molar-refractivity contribution is 0.181. The van der Waals surface area contributed by atoms with Gasteiger partial charge in [-0.05, 0) is 23.6 Å². The summed E-state index contributed by atoms with van der Waals surface area (Å²) in [6.45, 7) is 3.75. The van der Waals surface area contributed by atoms with Crippen LogP contribution in [0.1, 0.15) is 30.9 Å². The molecule has 0 unspecified atom stereocenters. The number of halogens is 3. The number of amides is 1. The van der Waals surface area contributed by atoms with Gasteiger partial charge in [0.2, 0.25) is 5.95 Å². The van der Waals surface area contributed by atoms with E-state index in [-0.39, 0.29) is 42.9 Å². The van der Waals surface area contributed by atoms with Crippen LogP contribution in [0.15, 0.2) is 18.3 Å². The first-order valence-electron chi connectivity index (χ1n) is 8.05. The molecule has 1 amide bonds. The molecule has 26 heavy (non-hydrogen) atoms. The lowest BCUT2D eigenvalue weighted by atomic mass is 10.0. The van der Waals surface area contributed by atoms with Gasteiger partial charge in [0.25, 0.3) is 0 Å². The van der Waals surface area contributed by atoms with Gasteiger partial charge in [-0.1, -0.05) is 13.8 Å². The molecule has 2 aromatic rings. The molecular weight excluding hydrogens is 349 g/mol. The third-order valence-electron chi connectivity index (χ3n) is 3.97. The Morgan fingerprint density at radius 1 is 1.23 bits per heavy atom. The van der Waals surface area contributed by atoms with Crippen LogP contribution in [0.25, 0.3) is 0 Å². The number of hydrogen-bond donors (Lipinski definition) is 1. The fraction of sp³-hybridized carbons (Fsp3) is 0.353. The summed E-state index contributed by atoms with van der Waals surface area (Å²) in [7, 11) is 0. The number of cyclic esters (lactones) is 1. The maximum Gasteiger partial charge on any atom is 0.415 e. The molecule has 1 saturated heterocycles. The Balaban J connectivity index is 1.78. The first-order valence-corrected chi connectivity index (χ1v) is 8.05. The summed E-state index contributed by atoms with van der Waals surface area (Å²) in [4.78, 5) is 20.3. The third-order valence-corrected chi connectivity index (χ3v) is 3.97. The minimum atomic E-state index is -0.784. The molecule has 0 atom stereocenters. The van der Waals surface area contributed by atoms with Gasteiger partial charge in [-0.25, -0.2) is 22.9 Å². The summed E-state index contributed by atoms with van der Waals surface area (Å²) in [6.07, 6.45) is 0.195. The lowest BCUT2D eigenvalue weighted by Gasteiger charge is -2.14. The van der Waals surface area contributed by atoms with E-state index in [2.05, 4.69) is 15.3 Å². The molecule has 6 nitrogen and oxygen atoms in total. The van der Waals surface area contributed by atoms with Gasteiger partial charge in [0.1, 0.15) is 18.2 Å². The van der Waals surface area contributed by atoms with Crippen molar-refractivity contribution in [2.24, 2.45) is 0 Å². The van der Waals surface area contributed by atoms with E-state index >= 15 is 0 Å². The Morgan fingerprint density at radius 2 is 2.00 bits per heavy atom. The number of nitrogens with zero attached hydrogens (tertiary/aromatic N) is 3. The Kier molecular flexibility index (Phi) is 4.97. The van der Waals surface area contributed by atoms with Gasteiger partial charge < -0.3 is 10.1 Å². The van der Waals surface area contributed by atoms with Crippen molar-refractivity contribution in [1.29, 1.82) is 0 Å². The molecule has 0 aliphatic carbocycles. The summed E-state index contributed by atoms with van der Waals surface area (Å²) < 4.78 is 46.8. The summed E-state index contributed by atoms with van der Waals surface area (Å²) in [5.74, 6) is -2.24. The number of carbonyl (C=O) groups is 1. The number of rotatable bonds is 5. The van der Waals surface area contributed by atoms with Crippen molar-refractivity contribution >= 4 is 17.9 Å². The SMILES string of the molecule is CC(C)c1cc(F)c(CNc2ncc(F)c(N3CCOC3=O)n2)cc1F. The quantitative estimate of drug-likeness (QED) is 0.876. The number of carbonyl (C=O) groups excluding carboxylic acids is 1. The highest BCUT2D eigenvalue weighted by molar-refractivity contribution is 5.88. The van der Waals surface area contributed by atoms with Crippen molar-refractivity contribution in [2.45, 2.75) is 26.3 Å². The van der Waals surface area contributed by atoms with E-state index in [9.17, 15) is 18.0 Å². The third kappa shape index (κ3) is 3.56. The van der Waals surface area contributed by atoms with Crippen molar-refractivity contribution in [2.75, 3.05) is 23.4 Å². The van der Waals surface area contributed by atoms with Crippen LogP contribution in [-0.4, -0.2) is 29.2 Å². The minimum Gasteiger partial charge on any atom is -0.447 e. The fourth-order valence-electron chi connectivity index (χ4n) is 2.57. The standard InChI is InChI=1S/C17H17F3N4O2/c1-9(2)11-6-12(18)10(5-13(11)19)7-21-16-22-8-14(20)15(23-16)24-3-4-26-17(24)25/h5-6,8-9H,3-4,7H2,1-2H3,(H,21,22,23). The molecule has 0 radical (unpaired) electrons. The molecule has 1 fully saturated rings. The van der Waals surface area contributed by atoms with Gasteiger partial charge in [0.15, 0.2) is 11.6 Å². The molecule has 0 bridgehead atoms. The highest BCUT2D eigenvalue weighted by Crippen LogP contribution is 2.24. The zero-order chi connectivity index (χ0) is 18.8. The number of benzene rings is 1. The largest absolute Gasteiger partial charge is 0.447 e. The molecule has 138 valence electrons. The van der Waals surface area contributed by atoms with Crippen LogP contribution in [0, 0.1) is 17.5 Å². The molecule has 1 N–H and O–H groups in total. The van der Waals surface area contributed by atoms with Crippen LogP contribution in [-0.2, 0) is 11.3 Å². The first-order chi connectivity index (χ1) is 12.4. The van der Waals surface area contributed by atoms with E-state index in [4.69, 9.17) is 4.74 Å². The molecule has 0 saturated carbocycles. The van der Waals surface area contributed by atoms with Crippen molar-refractivity contribution in [3.05, 3.63) is 46.9 Å². The molecule has 1 aromatic heterocycles. The average molecular weight is 366 g/mol. The van der Waals surface area contributed by atoms with Crippen molar-refractivity contribution in [1.82, 2.24) is 9.97 Å². The Bertz CT molecular complexity index is 845. The van der Waals surface area contributed by atoms with Gasteiger partial charge in [-0.3, -0.25) is 4.90 Å². The van der Waals surface area contributed by atoms with Crippen LogP contribution in [0.2, 0.25) is 0 Å². The zero-order valence-corrected chi connectivity index (χ0v) is 14.2. The van der Waals surface area contributed by atoms with E-state index in [1.165, 1.54) is 0 Å². The summed E-state index contributed by atoms with van der Waals surface area (Å²) >= 11 is 0. The van der Waals surface area contributed by atoms with Crippen LogP contribution in [0.5, 0.6) is 0 Å². The maximum absolute atomic E-state index is 14.2. The molecule has 1 aromatic carbocycles. The number of aromatic nitrogens is 2. The second-order valence-corrected chi connectivity index (χ2v) is 6.10. The van der Waals surface area contributed by atoms with E-state index in [0.29, 0.717) is 5.56 Å². The number of nitrogens with one attached hydrogen (secondary N) is 1. The molecule has 1 aliphatic heterocycles. The first kappa shape index (κ1) is 18.0. The molecule has 9 heteroatoms. The number of anilines is 2. The molecule has 3 rings (SSSR count). The topological polar surface area (TPSA) is 67.3 Å². The number of hydrogen-bond acceptors (Lipinski definition) is 5. The summed E-state index contributed by atoms with van der Waals surface area (Å²) in [5, 5.41) is 2.71. The smallest absolute Gasteiger partial charge is 0.415 e. The molecule has 1 aliphatic rings. The normalized spacial score (nSPS) is 14.1. The van der Waals surface area contributed by atoms with E-state index in [1.54, 1.807) is 13.8 Å². The fourth-order valence-corrected chi connectivity index (χ4v) is 2.57. The van der Waals surface area contributed by atoms with Crippen LogP contribution >= 0.6 is 0 Å². The van der Waals surface area contributed by atoms with Crippen molar-refractivity contribution < 1.29 is 22.7 Å². The second-order valence-electron chi connectivity index (χ2n) is 6.10. The zero-order valence-electron chi connectivity index (χ0n) is 14.2. The van der Waals surface area contributed by atoms with Gasteiger partial charge in [0.05, 0.1) is 12.7 Å². The van der Waals surface area contributed by atoms with Crippen molar-refractivity contribution in [3.8, 4) is 0 Å². The van der Waals surface area contributed by atoms with E-state index in [0.717, 1.165) is 23.2 Å². The van der Waals surface area contributed by atoms with Gasteiger partial charge in [-0.15, -0.1) is 0 Å². The van der Waals surface area contributed by atoms with Crippen molar-refractivity contribution in [3.63, 3.8) is 0 Å². The predicted molar refractivity (Wildman–Crippen MR) is 88.5 cm³/mol. The highest BCUT2D eigenvalue weighted by Gasteiger charge is 2.28. The Hall–Kier alpha value is -2.84. The summed E-state index contributed by atoms with van der Waals surface area (Å²) in [5.41, 5.74) is 0.376. The van der Waals surface area contributed by atoms with Crippen LogP contribution < -0.4 is 10.2 Å². The Labute approximate surface area is 148 Å². The minimum absolute atomic E-state index is 0.0196. The van der Waals surface area contributed by atoms with Gasteiger partial charge in [0, 0.05) is 12.1 Å². The lowest BCUT2D eigenvalue weighted by Crippen LogP contribution is -2.26. The molecule has 2 heterocycles. The van der Waals surface area contributed by atoms with E-state index in [1.807, 2.05) is 0 Å². The van der Waals surface area contributed by atoms with Crippen LogP contribution in [0.4, 0.5) is 29.7 Å². The second kappa shape index (κ2) is 7.19. The van der Waals surface area contributed by atoms with Gasteiger partial charge in [-0.2, -0.15) is 4.98 Å². The molecular formula is C17H17F3N4O2. The molecule has 0 spiro atoms. The van der Waals surface area contributed by atoms with Gasteiger partial charge >= 0.3 is 6.09 Å². The summed E-state index contributed by atoms with van der Waals surface area (Å²) in [6, 6.07) is 2.27. The van der Waals surface area contributed by atoms with E-state index < -0.39 is 23.5 Å². The van der Waals surface area contributed by atoms with Crippen LogP contribution in [0.3, 0.4) is 0 Å².